The number of aryl methyl sites for hydroxylation is 2. The second kappa shape index (κ2) is 9.34. The molecule has 2 aromatic rings. The van der Waals surface area contributed by atoms with Crippen LogP contribution in [0.15, 0.2) is 6.20 Å². The average Bonchev–Trinajstić information content (AvgIpc) is 2.85. The van der Waals surface area contributed by atoms with Crippen molar-refractivity contribution in [3.8, 4) is 0 Å². The highest BCUT2D eigenvalue weighted by Crippen LogP contribution is 2.31. The monoisotopic (exact) mass is 392 g/mol. The second-order valence-electron chi connectivity index (χ2n) is 7.49. The molecular weight excluding hydrogens is 360 g/mol. The van der Waals surface area contributed by atoms with Crippen LogP contribution in [0.5, 0.6) is 0 Å². The molecule has 156 valence electrons. The molecule has 8 nitrogen and oxygen atoms in total. The van der Waals surface area contributed by atoms with Crippen LogP contribution >= 0.6 is 0 Å². The molecule has 1 N–H and O–H groups in total. The first kappa shape index (κ1) is 22.1. The third-order valence-corrected chi connectivity index (χ3v) is 4.09. The molecule has 0 spiro atoms. The number of fused-ring (bicyclic) bond motifs is 1. The normalized spacial score (nSPS) is 12.0. The fraction of sp³-hybridized carbons (Fsp3) is 0.650. The zero-order valence-electron chi connectivity index (χ0n) is 18.0. The maximum Gasteiger partial charge on any atom is 0.407 e. The number of aromatic nitrogens is 3. The van der Waals surface area contributed by atoms with Crippen LogP contribution in [0.4, 0.5) is 4.79 Å². The van der Waals surface area contributed by atoms with Crippen LogP contribution in [-0.4, -0.2) is 46.0 Å². The van der Waals surface area contributed by atoms with E-state index in [1.165, 1.54) is 0 Å². The SMILES string of the molecule is CCOC(OCC)c1c(C)c2cnc(C)nc2n1CCNC(=O)OC(C)(C)C. The van der Waals surface area contributed by atoms with Crippen molar-refractivity contribution in [2.75, 3.05) is 19.8 Å². The molecule has 0 saturated heterocycles. The van der Waals surface area contributed by atoms with Gasteiger partial charge in [-0.1, -0.05) is 0 Å². The van der Waals surface area contributed by atoms with Crippen LogP contribution in [-0.2, 0) is 20.8 Å². The van der Waals surface area contributed by atoms with E-state index in [-0.39, 0.29) is 0 Å². The van der Waals surface area contributed by atoms with Gasteiger partial charge in [-0.15, -0.1) is 0 Å². The van der Waals surface area contributed by atoms with Crippen LogP contribution < -0.4 is 5.32 Å². The molecule has 0 bridgehead atoms. The number of amides is 1. The van der Waals surface area contributed by atoms with Gasteiger partial charge in [0.05, 0.1) is 5.69 Å². The van der Waals surface area contributed by atoms with Gasteiger partial charge in [0.2, 0.25) is 0 Å². The Morgan fingerprint density at radius 1 is 1.21 bits per heavy atom. The second-order valence-corrected chi connectivity index (χ2v) is 7.49. The molecular formula is C20H32N4O4. The van der Waals surface area contributed by atoms with Crippen molar-refractivity contribution < 1.29 is 19.0 Å². The molecule has 0 unspecified atom stereocenters. The smallest absolute Gasteiger partial charge is 0.407 e. The van der Waals surface area contributed by atoms with Gasteiger partial charge in [-0.3, -0.25) is 0 Å². The molecule has 1 amide bonds. The van der Waals surface area contributed by atoms with Crippen molar-refractivity contribution in [3.05, 3.63) is 23.3 Å². The van der Waals surface area contributed by atoms with Crippen LogP contribution in [0, 0.1) is 13.8 Å². The van der Waals surface area contributed by atoms with Crippen molar-refractivity contribution in [3.63, 3.8) is 0 Å². The minimum absolute atomic E-state index is 0.388. The number of ether oxygens (including phenoxy) is 3. The predicted molar refractivity (Wildman–Crippen MR) is 107 cm³/mol. The molecule has 0 radical (unpaired) electrons. The number of rotatable bonds is 8. The van der Waals surface area contributed by atoms with Gasteiger partial charge in [0.1, 0.15) is 17.1 Å². The van der Waals surface area contributed by atoms with E-state index in [9.17, 15) is 4.79 Å². The van der Waals surface area contributed by atoms with Crippen LogP contribution in [0.25, 0.3) is 11.0 Å². The van der Waals surface area contributed by atoms with Crippen molar-refractivity contribution in [2.45, 2.75) is 66.9 Å². The Morgan fingerprint density at radius 2 is 1.86 bits per heavy atom. The molecule has 28 heavy (non-hydrogen) atoms. The molecule has 0 fully saturated rings. The van der Waals surface area contributed by atoms with Crippen molar-refractivity contribution >= 4 is 17.1 Å². The number of nitrogens with one attached hydrogen (secondary N) is 1. The van der Waals surface area contributed by atoms with Crippen LogP contribution in [0.3, 0.4) is 0 Å². The predicted octanol–water partition coefficient (Wildman–Crippen LogP) is 3.64. The minimum atomic E-state index is -0.536. The van der Waals surface area contributed by atoms with E-state index in [2.05, 4.69) is 15.3 Å². The largest absolute Gasteiger partial charge is 0.444 e. The fourth-order valence-corrected chi connectivity index (χ4v) is 3.01. The summed E-state index contributed by atoms with van der Waals surface area (Å²) in [6.07, 6.45) is 0.869. The summed E-state index contributed by atoms with van der Waals surface area (Å²) in [5.74, 6) is 0.683. The average molecular weight is 393 g/mol. The third-order valence-electron chi connectivity index (χ3n) is 4.09. The summed E-state index contributed by atoms with van der Waals surface area (Å²) in [6.45, 7) is 15.2. The lowest BCUT2D eigenvalue weighted by molar-refractivity contribution is -0.144. The molecule has 0 aliphatic heterocycles. The third kappa shape index (κ3) is 5.42. The number of nitrogens with zero attached hydrogens (tertiary/aromatic N) is 3. The summed E-state index contributed by atoms with van der Waals surface area (Å²) < 4.78 is 19.0. The Morgan fingerprint density at radius 3 is 2.43 bits per heavy atom. The van der Waals surface area contributed by atoms with Gasteiger partial charge in [-0.05, 0) is 54.0 Å². The molecule has 2 heterocycles. The van der Waals surface area contributed by atoms with Gasteiger partial charge in [-0.25, -0.2) is 14.8 Å². The molecule has 8 heteroatoms. The van der Waals surface area contributed by atoms with Crippen LogP contribution in [0.2, 0.25) is 0 Å². The number of hydrogen-bond acceptors (Lipinski definition) is 6. The number of alkyl carbamates (subject to hydrolysis) is 1. The first-order valence-corrected chi connectivity index (χ1v) is 9.70. The minimum Gasteiger partial charge on any atom is -0.444 e. The molecule has 0 aliphatic rings. The molecule has 0 aromatic carbocycles. The molecule has 0 atom stereocenters. The molecule has 2 aromatic heterocycles. The van der Waals surface area contributed by atoms with Crippen LogP contribution in [0.1, 0.15) is 58.0 Å². The quantitative estimate of drug-likeness (QED) is 0.690. The van der Waals surface area contributed by atoms with Crippen molar-refractivity contribution in [1.82, 2.24) is 19.9 Å². The van der Waals surface area contributed by atoms with Gasteiger partial charge in [0.15, 0.2) is 6.29 Å². The standard InChI is InChI=1S/C20H32N4O4/c1-8-26-18(27-9-2)16-13(3)15-12-22-14(4)23-17(15)24(16)11-10-21-19(25)28-20(5,6)7/h12,18H,8-11H2,1-7H3,(H,21,25). The van der Waals surface area contributed by atoms with Gasteiger partial charge in [-0.2, -0.15) is 0 Å². The lowest BCUT2D eigenvalue weighted by Gasteiger charge is -2.22. The van der Waals surface area contributed by atoms with E-state index in [0.717, 1.165) is 22.3 Å². The Bertz CT molecular complexity index is 805. The zero-order valence-corrected chi connectivity index (χ0v) is 18.0. The summed E-state index contributed by atoms with van der Waals surface area (Å²) in [4.78, 5) is 20.9. The summed E-state index contributed by atoms with van der Waals surface area (Å²) in [6, 6.07) is 0. The van der Waals surface area contributed by atoms with Crippen molar-refractivity contribution in [1.29, 1.82) is 0 Å². The molecule has 2 rings (SSSR count). The first-order chi connectivity index (χ1) is 13.2. The van der Waals surface area contributed by atoms with Gasteiger partial charge < -0.3 is 24.1 Å². The fourth-order valence-electron chi connectivity index (χ4n) is 3.01. The Kier molecular flexibility index (Phi) is 7.37. The highest BCUT2D eigenvalue weighted by atomic mass is 16.7. The van der Waals surface area contributed by atoms with E-state index in [1.54, 1.807) is 0 Å². The van der Waals surface area contributed by atoms with Crippen molar-refractivity contribution in [2.24, 2.45) is 0 Å². The van der Waals surface area contributed by atoms with E-state index in [4.69, 9.17) is 14.2 Å². The number of carbonyl (C=O) groups is 1. The van der Waals surface area contributed by atoms with Gasteiger partial charge >= 0.3 is 6.09 Å². The first-order valence-electron chi connectivity index (χ1n) is 9.70. The molecule has 0 aliphatic carbocycles. The van der Waals surface area contributed by atoms with Gasteiger partial charge in [0, 0.05) is 37.9 Å². The maximum absolute atomic E-state index is 12.0. The Balaban J connectivity index is 2.34. The summed E-state index contributed by atoms with van der Waals surface area (Å²) in [5, 5.41) is 3.75. The summed E-state index contributed by atoms with van der Waals surface area (Å²) in [7, 11) is 0. The van der Waals surface area contributed by atoms with Gasteiger partial charge in [0.25, 0.3) is 0 Å². The summed E-state index contributed by atoms with van der Waals surface area (Å²) in [5.41, 5.74) is 2.17. The Hall–Kier alpha value is -2.19. The summed E-state index contributed by atoms with van der Waals surface area (Å²) >= 11 is 0. The zero-order chi connectivity index (χ0) is 20.9. The maximum atomic E-state index is 12.0. The molecule has 0 saturated carbocycles. The topological polar surface area (TPSA) is 87.5 Å². The number of hydrogen-bond donors (Lipinski definition) is 1. The van der Waals surface area contributed by atoms with E-state index in [1.807, 2.05) is 59.2 Å². The van der Waals surface area contributed by atoms with E-state index < -0.39 is 18.0 Å². The van der Waals surface area contributed by atoms with E-state index in [0.29, 0.717) is 32.1 Å². The Labute approximate surface area is 166 Å². The number of carbonyl (C=O) groups excluding carboxylic acids is 1. The lowest BCUT2D eigenvalue weighted by atomic mass is 10.2. The van der Waals surface area contributed by atoms with E-state index >= 15 is 0 Å². The highest BCUT2D eigenvalue weighted by molar-refractivity contribution is 5.81. The lowest BCUT2D eigenvalue weighted by Crippen LogP contribution is -2.34. The highest BCUT2D eigenvalue weighted by Gasteiger charge is 2.24.